The van der Waals surface area contributed by atoms with Crippen molar-refractivity contribution in [3.05, 3.63) is 115 Å². The van der Waals surface area contributed by atoms with Crippen molar-refractivity contribution in [1.29, 1.82) is 0 Å². The van der Waals surface area contributed by atoms with Gasteiger partial charge in [-0.15, -0.1) is 12.6 Å². The van der Waals surface area contributed by atoms with E-state index in [1.807, 2.05) is 61.3 Å². The molecule has 0 saturated carbocycles. The van der Waals surface area contributed by atoms with Crippen LogP contribution < -0.4 is 10.1 Å². The van der Waals surface area contributed by atoms with Gasteiger partial charge in [0.2, 0.25) is 0 Å². The van der Waals surface area contributed by atoms with Crippen LogP contribution in [0.25, 0.3) is 10.8 Å². The van der Waals surface area contributed by atoms with E-state index in [2.05, 4.69) is 70.8 Å². The molecule has 3 aromatic carbocycles. The van der Waals surface area contributed by atoms with E-state index in [4.69, 9.17) is 9.47 Å². The molecule has 2 atom stereocenters. The second-order valence-corrected chi connectivity index (χ2v) is 10.2. The molecule has 0 radical (unpaired) electrons. The Balaban J connectivity index is 1.56. The lowest BCUT2D eigenvalue weighted by Crippen LogP contribution is -2.29. The van der Waals surface area contributed by atoms with Crippen LogP contribution in [-0.4, -0.2) is 40.4 Å². The number of methoxy groups -OCH3 is 1. The van der Waals surface area contributed by atoms with Crippen LogP contribution in [0.2, 0.25) is 0 Å². The fraction of sp³-hybridized carbons (Fsp3) is 0.250. The third-order valence-electron chi connectivity index (χ3n) is 6.96. The number of amides is 1. The minimum absolute atomic E-state index is 0.172. The molecule has 0 fully saturated rings. The lowest BCUT2D eigenvalue weighted by atomic mass is 9.87. The fourth-order valence-corrected chi connectivity index (χ4v) is 5.27. The van der Waals surface area contributed by atoms with Crippen LogP contribution in [0.15, 0.2) is 103 Å². The molecule has 2 aromatic heterocycles. The topological polar surface area (TPSA) is 70.3 Å². The minimum atomic E-state index is -0.281. The number of thiol groups is 1. The van der Waals surface area contributed by atoms with Crippen molar-refractivity contribution in [3.8, 4) is 5.75 Å². The van der Waals surface area contributed by atoms with Crippen molar-refractivity contribution in [1.82, 2.24) is 19.4 Å². The van der Waals surface area contributed by atoms with E-state index in [1.54, 1.807) is 11.7 Å². The number of fused-ring (bicyclic) bond motifs is 1. The summed E-state index contributed by atoms with van der Waals surface area (Å²) in [6, 6.07) is 24.3. The van der Waals surface area contributed by atoms with Gasteiger partial charge in [0.25, 0.3) is 0 Å². The Bertz CT molecular complexity index is 1570. The summed E-state index contributed by atoms with van der Waals surface area (Å²) in [6.45, 7) is 3.24. The zero-order valence-corrected chi connectivity index (χ0v) is 23.6. The van der Waals surface area contributed by atoms with Crippen LogP contribution in [-0.2, 0) is 4.74 Å². The monoisotopic (exact) mass is 554 g/mol. The summed E-state index contributed by atoms with van der Waals surface area (Å²) in [5, 5.41) is 5.26. The number of carbonyl (C=O) groups excluding carboxylic acids is 1. The molecule has 1 amide bonds. The lowest BCUT2D eigenvalue weighted by Gasteiger charge is -2.26. The maximum Gasteiger partial charge on any atom is 0.325 e. The van der Waals surface area contributed by atoms with Gasteiger partial charge < -0.3 is 14.8 Å². The van der Waals surface area contributed by atoms with Crippen molar-refractivity contribution in [2.24, 2.45) is 0 Å². The highest BCUT2D eigenvalue weighted by atomic mass is 32.1. The summed E-state index contributed by atoms with van der Waals surface area (Å²) < 4.78 is 15.2. The van der Waals surface area contributed by atoms with E-state index in [0.29, 0.717) is 13.2 Å². The number of ether oxygens (including phenoxy) is 2. The SMILES string of the molecule is CCC(Oc1cccc(S)c1)n1cncc1C(c1ccn(C(=O)NCCCOC)c1)c1cccc2ccccc12. The molecule has 0 aliphatic rings. The Morgan fingerprint density at radius 2 is 1.90 bits per heavy atom. The number of benzene rings is 3. The normalized spacial score (nSPS) is 12.8. The molecule has 2 heterocycles. The molecule has 0 saturated heterocycles. The van der Waals surface area contributed by atoms with E-state index < -0.39 is 0 Å². The molecule has 1 N–H and O–H groups in total. The fourth-order valence-electron chi connectivity index (χ4n) is 5.05. The van der Waals surface area contributed by atoms with Crippen LogP contribution in [0.3, 0.4) is 0 Å². The van der Waals surface area contributed by atoms with E-state index in [-0.39, 0.29) is 18.2 Å². The maximum atomic E-state index is 12.9. The van der Waals surface area contributed by atoms with Gasteiger partial charge >= 0.3 is 6.03 Å². The molecule has 0 aliphatic carbocycles. The van der Waals surface area contributed by atoms with Crippen LogP contribution in [0.4, 0.5) is 4.79 Å². The second kappa shape index (κ2) is 12.9. The van der Waals surface area contributed by atoms with Crippen molar-refractivity contribution < 1.29 is 14.3 Å². The number of rotatable bonds is 11. The van der Waals surface area contributed by atoms with Gasteiger partial charge in [-0.3, -0.25) is 9.13 Å². The van der Waals surface area contributed by atoms with Crippen molar-refractivity contribution in [2.75, 3.05) is 20.3 Å². The zero-order chi connectivity index (χ0) is 27.9. The molecule has 7 nitrogen and oxygen atoms in total. The number of imidazole rings is 1. The van der Waals surface area contributed by atoms with Gasteiger partial charge in [0, 0.05) is 50.2 Å². The largest absolute Gasteiger partial charge is 0.470 e. The Hall–Kier alpha value is -4.01. The Morgan fingerprint density at radius 3 is 2.73 bits per heavy atom. The molecular formula is C32H34N4O3S. The molecule has 5 aromatic rings. The van der Waals surface area contributed by atoms with Gasteiger partial charge in [0.05, 0.1) is 17.9 Å². The smallest absolute Gasteiger partial charge is 0.325 e. The number of carbonyl (C=O) groups is 1. The molecule has 8 heteroatoms. The third-order valence-corrected chi connectivity index (χ3v) is 7.24. The summed E-state index contributed by atoms with van der Waals surface area (Å²) >= 11 is 4.47. The summed E-state index contributed by atoms with van der Waals surface area (Å²) in [7, 11) is 1.66. The average Bonchev–Trinajstić information content (AvgIpc) is 3.65. The van der Waals surface area contributed by atoms with E-state index in [1.165, 1.54) is 0 Å². The third kappa shape index (κ3) is 6.08. The zero-order valence-electron chi connectivity index (χ0n) is 22.7. The van der Waals surface area contributed by atoms with Gasteiger partial charge in [-0.1, -0.05) is 55.5 Å². The summed E-state index contributed by atoms with van der Waals surface area (Å²) in [6.07, 6.45) is 8.64. The predicted molar refractivity (Wildman–Crippen MR) is 160 cm³/mol. The van der Waals surface area contributed by atoms with Crippen molar-refractivity contribution in [2.45, 2.75) is 36.8 Å². The predicted octanol–water partition coefficient (Wildman–Crippen LogP) is 6.89. The average molecular weight is 555 g/mol. The Morgan fingerprint density at radius 1 is 1.07 bits per heavy atom. The van der Waals surface area contributed by atoms with Gasteiger partial charge in [-0.2, -0.15) is 0 Å². The first-order valence-corrected chi connectivity index (χ1v) is 13.9. The van der Waals surface area contributed by atoms with Gasteiger partial charge in [-0.05, 0) is 52.6 Å². The first-order chi connectivity index (χ1) is 19.6. The summed E-state index contributed by atoms with van der Waals surface area (Å²) in [5.74, 6) is 0.557. The van der Waals surface area contributed by atoms with Crippen LogP contribution in [0, 0.1) is 0 Å². The molecule has 40 heavy (non-hydrogen) atoms. The van der Waals surface area contributed by atoms with Crippen LogP contribution >= 0.6 is 12.6 Å². The van der Waals surface area contributed by atoms with Crippen LogP contribution in [0.1, 0.15) is 48.7 Å². The second-order valence-electron chi connectivity index (χ2n) is 9.64. The number of nitrogens with zero attached hydrogens (tertiary/aromatic N) is 3. The lowest BCUT2D eigenvalue weighted by molar-refractivity contribution is 0.124. The summed E-state index contributed by atoms with van der Waals surface area (Å²) in [5.41, 5.74) is 3.09. The van der Waals surface area contributed by atoms with E-state index >= 15 is 0 Å². The van der Waals surface area contributed by atoms with Gasteiger partial charge in [0.1, 0.15) is 5.75 Å². The van der Waals surface area contributed by atoms with Crippen molar-refractivity contribution >= 4 is 29.4 Å². The van der Waals surface area contributed by atoms with E-state index in [9.17, 15) is 4.79 Å². The number of hydrogen-bond donors (Lipinski definition) is 2. The molecule has 0 aliphatic heterocycles. The van der Waals surface area contributed by atoms with Crippen LogP contribution in [0.5, 0.6) is 5.75 Å². The van der Waals surface area contributed by atoms with E-state index in [0.717, 1.165) is 51.1 Å². The van der Waals surface area contributed by atoms with Crippen molar-refractivity contribution in [3.63, 3.8) is 0 Å². The molecule has 2 unspecified atom stereocenters. The Kier molecular flexibility index (Phi) is 8.88. The highest BCUT2D eigenvalue weighted by Gasteiger charge is 2.27. The number of nitrogens with one attached hydrogen (secondary N) is 1. The molecule has 5 rings (SSSR count). The number of hydrogen-bond acceptors (Lipinski definition) is 5. The first-order valence-electron chi connectivity index (χ1n) is 13.5. The van der Waals surface area contributed by atoms with Gasteiger partial charge in [0.15, 0.2) is 6.23 Å². The molecular weight excluding hydrogens is 520 g/mol. The summed E-state index contributed by atoms with van der Waals surface area (Å²) in [4.78, 5) is 18.3. The van der Waals surface area contributed by atoms with Gasteiger partial charge in [-0.25, -0.2) is 9.78 Å². The first kappa shape index (κ1) is 27.6. The molecule has 206 valence electrons. The Labute approximate surface area is 240 Å². The quantitative estimate of drug-likeness (QED) is 0.138. The highest BCUT2D eigenvalue weighted by molar-refractivity contribution is 7.80. The number of aromatic nitrogens is 3. The standard InChI is InChI=1S/C32H34N4O3S/c1-3-30(39-25-11-7-12-26(40)19-25)36-22-33-20-29(36)31(28-14-6-10-23-9-4-5-13-27(23)28)24-15-17-35(21-24)32(37)34-16-8-18-38-2/h4-7,9-15,17,19-22,30-31,40H,3,8,16,18H2,1-2H3,(H,34,37). The minimum Gasteiger partial charge on any atom is -0.470 e. The maximum absolute atomic E-state index is 12.9. The molecule has 0 spiro atoms. The molecule has 0 bridgehead atoms. The highest BCUT2D eigenvalue weighted by Crippen LogP contribution is 2.38.